The lowest BCUT2D eigenvalue weighted by Crippen LogP contribution is -2.10. The second-order valence-corrected chi connectivity index (χ2v) is 9.46. The van der Waals surface area contributed by atoms with Gasteiger partial charge in [0, 0.05) is 11.5 Å². The molecule has 0 unspecified atom stereocenters. The number of aliphatic hydroxyl groups excluding tert-OH is 1. The molecule has 0 radical (unpaired) electrons. The van der Waals surface area contributed by atoms with E-state index in [4.69, 9.17) is 4.98 Å². The monoisotopic (exact) mass is 518 g/mol. The molecule has 0 aliphatic rings. The number of hydrogen-bond acceptors (Lipinski definition) is 7. The zero-order chi connectivity index (χ0) is 27.4. The standard InChI is InChI=1S/C30H22N4O5/c1-14(17-6-3-9-20-25(17)31-22-11-5-8-19(29(36)37)27(22)32-20)16-12-13-23-28(24(16)30(38)39)34-21-10-4-7-18(15(2)35)26(21)33-23/h3-15,35H,1-2H3,(H,36,37)(H,38,39)/t14-,15-/m1/s1. The molecule has 6 rings (SSSR count). The molecular formula is C30H22N4O5. The molecule has 2 heterocycles. The summed E-state index contributed by atoms with van der Waals surface area (Å²) in [7, 11) is 0. The van der Waals surface area contributed by atoms with E-state index in [1.807, 2.05) is 13.0 Å². The van der Waals surface area contributed by atoms with Gasteiger partial charge < -0.3 is 15.3 Å². The molecule has 4 aromatic carbocycles. The van der Waals surface area contributed by atoms with Gasteiger partial charge in [0.15, 0.2) is 0 Å². The van der Waals surface area contributed by atoms with Crippen LogP contribution in [0.1, 0.15) is 63.3 Å². The summed E-state index contributed by atoms with van der Waals surface area (Å²) >= 11 is 0. The van der Waals surface area contributed by atoms with Gasteiger partial charge >= 0.3 is 11.9 Å². The van der Waals surface area contributed by atoms with Gasteiger partial charge in [-0.1, -0.05) is 43.3 Å². The predicted octanol–water partition coefficient (Wildman–Crippen LogP) is 5.48. The number of fused-ring (bicyclic) bond motifs is 4. The van der Waals surface area contributed by atoms with Gasteiger partial charge in [-0.25, -0.2) is 29.5 Å². The Balaban J connectivity index is 1.58. The maximum absolute atomic E-state index is 12.6. The molecule has 2 atom stereocenters. The lowest BCUT2D eigenvalue weighted by molar-refractivity contribution is 0.0687. The molecule has 0 spiro atoms. The third-order valence-electron chi connectivity index (χ3n) is 7.05. The highest BCUT2D eigenvalue weighted by Gasteiger charge is 2.24. The molecule has 0 fully saturated rings. The second-order valence-electron chi connectivity index (χ2n) is 9.46. The number of rotatable bonds is 5. The number of carboxylic acid groups (broad SMARTS) is 2. The summed E-state index contributed by atoms with van der Waals surface area (Å²) in [4.78, 5) is 43.0. The van der Waals surface area contributed by atoms with Crippen LogP contribution in [-0.4, -0.2) is 47.2 Å². The van der Waals surface area contributed by atoms with Crippen LogP contribution in [0.25, 0.3) is 44.1 Å². The third kappa shape index (κ3) is 3.91. The number of benzene rings is 4. The zero-order valence-corrected chi connectivity index (χ0v) is 21.0. The Morgan fingerprint density at radius 1 is 0.590 bits per heavy atom. The number of nitrogens with zero attached hydrogens (tertiary/aromatic N) is 4. The SMILES string of the molecule is C[C@H](c1ccc2nc3c([C@@H](C)O)cccc3nc2c1C(=O)O)c1cccc2nc3c(C(=O)O)cccc3nc12. The smallest absolute Gasteiger partial charge is 0.338 e. The summed E-state index contributed by atoms with van der Waals surface area (Å²) in [5.41, 5.74) is 5.46. The second kappa shape index (κ2) is 9.07. The molecule has 3 N–H and O–H groups in total. The number of aromatic carboxylic acids is 2. The van der Waals surface area contributed by atoms with Gasteiger partial charge in [-0.3, -0.25) is 0 Å². The molecule has 9 heteroatoms. The predicted molar refractivity (Wildman–Crippen MR) is 146 cm³/mol. The van der Waals surface area contributed by atoms with Crippen molar-refractivity contribution in [1.82, 2.24) is 19.9 Å². The normalized spacial score (nSPS) is 13.2. The lowest BCUT2D eigenvalue weighted by Gasteiger charge is -2.18. The fourth-order valence-electron chi connectivity index (χ4n) is 5.15. The summed E-state index contributed by atoms with van der Waals surface area (Å²) in [6, 6.07) is 19.0. The molecule has 0 saturated heterocycles. The van der Waals surface area contributed by atoms with E-state index >= 15 is 0 Å². The molecule has 0 saturated carbocycles. The summed E-state index contributed by atoms with van der Waals surface area (Å²) in [6.07, 6.45) is -0.756. The number of carbonyl (C=O) groups is 2. The van der Waals surface area contributed by atoms with Gasteiger partial charge in [-0.2, -0.15) is 0 Å². The Labute approximate surface area is 221 Å². The van der Waals surface area contributed by atoms with Crippen molar-refractivity contribution in [2.75, 3.05) is 0 Å². The first-order valence-electron chi connectivity index (χ1n) is 12.3. The number of carboxylic acids is 2. The van der Waals surface area contributed by atoms with Crippen LogP contribution in [0.3, 0.4) is 0 Å². The Kier molecular flexibility index (Phi) is 5.66. The topological polar surface area (TPSA) is 146 Å². The molecule has 0 aliphatic carbocycles. The highest BCUT2D eigenvalue weighted by molar-refractivity contribution is 6.05. The summed E-state index contributed by atoms with van der Waals surface area (Å²) < 4.78 is 0. The first kappa shape index (κ1) is 24.3. The van der Waals surface area contributed by atoms with Gasteiger partial charge in [-0.15, -0.1) is 0 Å². The third-order valence-corrected chi connectivity index (χ3v) is 7.05. The van der Waals surface area contributed by atoms with Gasteiger partial charge in [-0.05, 0) is 48.4 Å². The fourth-order valence-corrected chi connectivity index (χ4v) is 5.15. The summed E-state index contributed by atoms with van der Waals surface area (Å²) in [5, 5.41) is 30.1. The average molecular weight is 519 g/mol. The molecule has 0 aliphatic heterocycles. The lowest BCUT2D eigenvalue weighted by atomic mass is 9.88. The Morgan fingerprint density at radius 3 is 1.72 bits per heavy atom. The first-order valence-corrected chi connectivity index (χ1v) is 12.3. The first-order chi connectivity index (χ1) is 18.7. The van der Waals surface area contributed by atoms with Gasteiger partial charge in [0.1, 0.15) is 11.0 Å². The molecule has 9 nitrogen and oxygen atoms in total. The van der Waals surface area contributed by atoms with E-state index in [2.05, 4.69) is 15.0 Å². The van der Waals surface area contributed by atoms with E-state index < -0.39 is 24.0 Å². The highest BCUT2D eigenvalue weighted by Crippen LogP contribution is 2.35. The average Bonchev–Trinajstić information content (AvgIpc) is 2.92. The van der Waals surface area contributed by atoms with Crippen molar-refractivity contribution in [3.63, 3.8) is 0 Å². The van der Waals surface area contributed by atoms with Crippen LogP contribution in [0, 0.1) is 0 Å². The molecule has 2 aromatic heterocycles. The zero-order valence-electron chi connectivity index (χ0n) is 21.0. The Morgan fingerprint density at radius 2 is 1.10 bits per heavy atom. The van der Waals surface area contributed by atoms with Crippen molar-refractivity contribution in [3.8, 4) is 0 Å². The van der Waals surface area contributed by atoms with Crippen LogP contribution < -0.4 is 0 Å². The number of para-hydroxylation sites is 3. The van der Waals surface area contributed by atoms with E-state index in [-0.39, 0.29) is 22.2 Å². The Hall–Kier alpha value is -5.02. The van der Waals surface area contributed by atoms with Crippen molar-refractivity contribution < 1.29 is 24.9 Å². The summed E-state index contributed by atoms with van der Waals surface area (Å²) in [5.74, 6) is -2.64. The number of aliphatic hydroxyl groups is 1. The van der Waals surface area contributed by atoms with Crippen LogP contribution in [0.5, 0.6) is 0 Å². The van der Waals surface area contributed by atoms with Crippen molar-refractivity contribution >= 4 is 56.1 Å². The van der Waals surface area contributed by atoms with E-state index in [1.165, 1.54) is 6.07 Å². The quantitative estimate of drug-likeness (QED) is 0.252. The van der Waals surface area contributed by atoms with Crippen LogP contribution in [0.15, 0.2) is 66.7 Å². The molecule has 0 bridgehead atoms. The van der Waals surface area contributed by atoms with Gasteiger partial charge in [0.2, 0.25) is 0 Å². The molecule has 39 heavy (non-hydrogen) atoms. The van der Waals surface area contributed by atoms with Crippen LogP contribution in [0.4, 0.5) is 0 Å². The van der Waals surface area contributed by atoms with E-state index in [0.29, 0.717) is 44.2 Å². The largest absolute Gasteiger partial charge is 0.478 e. The molecular weight excluding hydrogens is 496 g/mol. The van der Waals surface area contributed by atoms with Gasteiger partial charge in [0.05, 0.1) is 50.3 Å². The van der Waals surface area contributed by atoms with E-state index in [9.17, 15) is 24.9 Å². The minimum absolute atomic E-state index is 0.0377. The van der Waals surface area contributed by atoms with Crippen molar-refractivity contribution in [1.29, 1.82) is 0 Å². The summed E-state index contributed by atoms with van der Waals surface area (Å²) in [6.45, 7) is 3.54. The minimum atomic E-state index is -1.13. The van der Waals surface area contributed by atoms with E-state index in [1.54, 1.807) is 61.5 Å². The van der Waals surface area contributed by atoms with Gasteiger partial charge in [0.25, 0.3) is 0 Å². The number of aromatic nitrogens is 4. The van der Waals surface area contributed by atoms with Crippen molar-refractivity contribution in [2.45, 2.75) is 25.9 Å². The minimum Gasteiger partial charge on any atom is -0.478 e. The van der Waals surface area contributed by atoms with E-state index in [0.717, 1.165) is 5.56 Å². The molecule has 192 valence electrons. The molecule has 6 aromatic rings. The molecule has 0 amide bonds. The van der Waals surface area contributed by atoms with Crippen LogP contribution in [0.2, 0.25) is 0 Å². The van der Waals surface area contributed by atoms with Crippen LogP contribution >= 0.6 is 0 Å². The fraction of sp³-hybridized carbons (Fsp3) is 0.133. The van der Waals surface area contributed by atoms with Crippen molar-refractivity contribution in [2.24, 2.45) is 0 Å². The number of hydrogen-bond donors (Lipinski definition) is 3. The van der Waals surface area contributed by atoms with Crippen LogP contribution in [-0.2, 0) is 0 Å². The van der Waals surface area contributed by atoms with Crippen molar-refractivity contribution in [3.05, 3.63) is 94.5 Å². The maximum atomic E-state index is 12.6. The Bertz CT molecular complexity index is 1990. The maximum Gasteiger partial charge on any atom is 0.338 e. The highest BCUT2D eigenvalue weighted by atomic mass is 16.4.